The zero-order valence-electron chi connectivity index (χ0n) is 10.9. The Labute approximate surface area is 126 Å². The molecule has 21 heavy (non-hydrogen) atoms. The number of oxime groups is 1. The van der Waals surface area contributed by atoms with Crippen LogP contribution in [0.4, 0.5) is 10.1 Å². The summed E-state index contributed by atoms with van der Waals surface area (Å²) in [6.07, 6.45) is 1.47. The van der Waals surface area contributed by atoms with Gasteiger partial charge in [-0.2, -0.15) is 0 Å². The zero-order chi connectivity index (χ0) is 15.1. The molecule has 1 N–H and O–H groups in total. The molecule has 2 rings (SSSR count). The number of hydrogen-bond donors (Lipinski definition) is 1. The van der Waals surface area contributed by atoms with Crippen molar-refractivity contribution in [1.29, 1.82) is 0 Å². The third-order valence-electron chi connectivity index (χ3n) is 2.47. The number of nitrogens with one attached hydrogen (secondary N) is 1. The van der Waals surface area contributed by atoms with Gasteiger partial charge in [-0.05, 0) is 42.0 Å². The molecule has 0 aliphatic carbocycles. The Morgan fingerprint density at radius 3 is 2.52 bits per heavy atom. The molecule has 2 aromatic carbocycles. The average Bonchev–Trinajstić information content (AvgIpc) is 2.48. The lowest BCUT2D eigenvalue weighted by Crippen LogP contribution is -2.16. The maximum Gasteiger partial charge on any atom is 0.265 e. The number of carbonyl (C=O) groups is 1. The SMILES string of the molecule is O=C(CO/N=C\c1ccc(Cl)cc1)Nc1ccc(F)cc1. The van der Waals surface area contributed by atoms with E-state index in [1.165, 1.54) is 30.5 Å². The van der Waals surface area contributed by atoms with Gasteiger partial charge in [-0.1, -0.05) is 28.9 Å². The van der Waals surface area contributed by atoms with Crippen LogP contribution in [0.15, 0.2) is 53.7 Å². The van der Waals surface area contributed by atoms with Crippen molar-refractivity contribution in [1.82, 2.24) is 0 Å². The molecule has 0 radical (unpaired) electrons. The normalized spacial score (nSPS) is 10.6. The molecular weight excluding hydrogens is 295 g/mol. The van der Waals surface area contributed by atoms with Crippen molar-refractivity contribution in [3.63, 3.8) is 0 Å². The highest BCUT2D eigenvalue weighted by molar-refractivity contribution is 6.30. The highest BCUT2D eigenvalue weighted by Gasteiger charge is 2.02. The Kier molecular flexibility index (Phi) is 5.29. The molecule has 0 saturated heterocycles. The largest absolute Gasteiger partial charge is 0.386 e. The van der Waals surface area contributed by atoms with Crippen LogP contribution in [0.1, 0.15) is 5.56 Å². The topological polar surface area (TPSA) is 50.7 Å². The van der Waals surface area contributed by atoms with Crippen molar-refractivity contribution in [3.8, 4) is 0 Å². The molecule has 0 aliphatic rings. The van der Waals surface area contributed by atoms with E-state index in [9.17, 15) is 9.18 Å². The Morgan fingerprint density at radius 2 is 1.86 bits per heavy atom. The molecule has 0 unspecified atom stereocenters. The van der Waals surface area contributed by atoms with Crippen LogP contribution in [0, 0.1) is 5.82 Å². The molecule has 2 aromatic rings. The van der Waals surface area contributed by atoms with Crippen LogP contribution in [0.5, 0.6) is 0 Å². The van der Waals surface area contributed by atoms with Crippen molar-refractivity contribution in [2.24, 2.45) is 5.16 Å². The first kappa shape index (κ1) is 15.0. The van der Waals surface area contributed by atoms with E-state index in [1.54, 1.807) is 24.3 Å². The summed E-state index contributed by atoms with van der Waals surface area (Å²) in [5, 5.41) is 6.86. The third kappa shape index (κ3) is 5.24. The van der Waals surface area contributed by atoms with Crippen LogP contribution < -0.4 is 5.32 Å². The summed E-state index contributed by atoms with van der Waals surface area (Å²) >= 11 is 5.75. The van der Waals surface area contributed by atoms with Crippen molar-refractivity contribution >= 4 is 29.4 Å². The molecule has 0 heterocycles. The van der Waals surface area contributed by atoms with Gasteiger partial charge < -0.3 is 10.2 Å². The number of anilines is 1. The van der Waals surface area contributed by atoms with Gasteiger partial charge in [0, 0.05) is 10.7 Å². The standard InChI is InChI=1S/C15H12ClFN2O2/c16-12-3-1-11(2-4-12)9-18-21-10-15(20)19-14-7-5-13(17)6-8-14/h1-9H,10H2,(H,19,20)/b18-9-. The second kappa shape index (κ2) is 7.40. The first-order chi connectivity index (χ1) is 10.1. The average molecular weight is 307 g/mol. The minimum Gasteiger partial charge on any atom is -0.386 e. The van der Waals surface area contributed by atoms with E-state index < -0.39 is 0 Å². The molecule has 0 saturated carbocycles. The molecule has 0 aliphatic heterocycles. The molecule has 0 fully saturated rings. The van der Waals surface area contributed by atoms with Gasteiger partial charge in [0.2, 0.25) is 0 Å². The predicted molar refractivity (Wildman–Crippen MR) is 80.0 cm³/mol. The van der Waals surface area contributed by atoms with Crippen molar-refractivity contribution in [2.75, 3.05) is 11.9 Å². The van der Waals surface area contributed by atoms with E-state index in [0.29, 0.717) is 10.7 Å². The van der Waals surface area contributed by atoms with Gasteiger partial charge >= 0.3 is 0 Å². The predicted octanol–water partition coefficient (Wildman–Crippen LogP) is 3.47. The van der Waals surface area contributed by atoms with Gasteiger partial charge in [0.15, 0.2) is 6.61 Å². The molecule has 108 valence electrons. The number of rotatable bonds is 5. The summed E-state index contributed by atoms with van der Waals surface area (Å²) in [6.45, 7) is -0.235. The fourth-order valence-corrected chi connectivity index (χ4v) is 1.60. The molecular formula is C15H12ClFN2O2. The first-order valence-electron chi connectivity index (χ1n) is 6.10. The maximum atomic E-state index is 12.7. The smallest absolute Gasteiger partial charge is 0.265 e. The molecule has 0 atom stereocenters. The van der Waals surface area contributed by atoms with Crippen LogP contribution in [0.3, 0.4) is 0 Å². The number of amides is 1. The van der Waals surface area contributed by atoms with Crippen LogP contribution >= 0.6 is 11.6 Å². The number of nitrogens with zero attached hydrogens (tertiary/aromatic N) is 1. The summed E-state index contributed by atoms with van der Waals surface area (Å²) in [6, 6.07) is 12.4. The lowest BCUT2D eigenvalue weighted by molar-refractivity contribution is -0.120. The third-order valence-corrected chi connectivity index (χ3v) is 2.72. The van der Waals surface area contributed by atoms with Gasteiger partial charge in [-0.15, -0.1) is 0 Å². The molecule has 0 bridgehead atoms. The van der Waals surface area contributed by atoms with Gasteiger partial charge in [0.25, 0.3) is 5.91 Å². The summed E-state index contributed by atoms with van der Waals surface area (Å²) in [5.41, 5.74) is 1.30. The van der Waals surface area contributed by atoms with Gasteiger partial charge in [0.05, 0.1) is 6.21 Å². The monoisotopic (exact) mass is 306 g/mol. The second-order valence-corrected chi connectivity index (χ2v) is 4.55. The summed E-state index contributed by atoms with van der Waals surface area (Å²) < 4.78 is 12.7. The Hall–Kier alpha value is -2.40. The highest BCUT2D eigenvalue weighted by atomic mass is 35.5. The first-order valence-corrected chi connectivity index (χ1v) is 6.47. The number of hydrogen-bond acceptors (Lipinski definition) is 3. The number of benzene rings is 2. The summed E-state index contributed by atoms with van der Waals surface area (Å²) in [4.78, 5) is 16.4. The minimum atomic E-state index is -0.380. The maximum absolute atomic E-state index is 12.7. The fraction of sp³-hybridized carbons (Fsp3) is 0.0667. The van der Waals surface area contributed by atoms with E-state index in [4.69, 9.17) is 16.4 Å². The van der Waals surface area contributed by atoms with E-state index in [2.05, 4.69) is 10.5 Å². The molecule has 0 aromatic heterocycles. The summed E-state index contributed by atoms with van der Waals surface area (Å²) in [7, 11) is 0. The zero-order valence-corrected chi connectivity index (χ0v) is 11.7. The van der Waals surface area contributed by atoms with E-state index in [-0.39, 0.29) is 18.3 Å². The lowest BCUT2D eigenvalue weighted by Gasteiger charge is -2.03. The highest BCUT2D eigenvalue weighted by Crippen LogP contribution is 2.09. The number of carbonyl (C=O) groups excluding carboxylic acids is 1. The van der Waals surface area contributed by atoms with E-state index >= 15 is 0 Å². The molecule has 4 nitrogen and oxygen atoms in total. The molecule has 0 spiro atoms. The Morgan fingerprint density at radius 1 is 1.19 bits per heavy atom. The number of halogens is 2. The quantitative estimate of drug-likeness (QED) is 0.679. The Balaban J connectivity index is 1.76. The van der Waals surface area contributed by atoms with Gasteiger partial charge in [0.1, 0.15) is 5.82 Å². The molecule has 6 heteroatoms. The van der Waals surface area contributed by atoms with Crippen LogP contribution in [0.2, 0.25) is 5.02 Å². The summed E-state index contributed by atoms with van der Waals surface area (Å²) in [5.74, 6) is -0.744. The van der Waals surface area contributed by atoms with Crippen LogP contribution in [0.25, 0.3) is 0 Å². The van der Waals surface area contributed by atoms with Gasteiger partial charge in [-0.3, -0.25) is 4.79 Å². The Bertz CT molecular complexity index is 627. The second-order valence-electron chi connectivity index (χ2n) is 4.11. The minimum absolute atomic E-state index is 0.235. The van der Waals surface area contributed by atoms with Gasteiger partial charge in [-0.25, -0.2) is 4.39 Å². The van der Waals surface area contributed by atoms with E-state index in [1.807, 2.05) is 0 Å². The van der Waals surface area contributed by atoms with Crippen LogP contribution in [-0.4, -0.2) is 18.7 Å². The van der Waals surface area contributed by atoms with Crippen molar-refractivity contribution in [2.45, 2.75) is 0 Å². The van der Waals surface area contributed by atoms with Crippen molar-refractivity contribution in [3.05, 3.63) is 64.9 Å². The van der Waals surface area contributed by atoms with Crippen LogP contribution in [-0.2, 0) is 9.63 Å². The fourth-order valence-electron chi connectivity index (χ4n) is 1.47. The van der Waals surface area contributed by atoms with E-state index in [0.717, 1.165) is 5.56 Å². The molecule has 1 amide bonds. The van der Waals surface area contributed by atoms with Crippen molar-refractivity contribution < 1.29 is 14.0 Å². The lowest BCUT2D eigenvalue weighted by atomic mass is 10.2.